The maximum absolute atomic E-state index is 13.3. The quantitative estimate of drug-likeness (QED) is 0.581. The van der Waals surface area contributed by atoms with Crippen LogP contribution in [0, 0.1) is 6.92 Å². The largest absolute Gasteiger partial charge is 0.503 e. The molecule has 2 heterocycles. The Balaban J connectivity index is 1.83. The molecule has 1 atom stereocenters. The van der Waals surface area contributed by atoms with Gasteiger partial charge in [0.2, 0.25) is 5.78 Å². The molecule has 1 unspecified atom stereocenters. The van der Waals surface area contributed by atoms with E-state index in [0.717, 1.165) is 16.7 Å². The number of hydrogen-bond acceptors (Lipinski definition) is 5. The SMILES string of the molecule is COc1ccccc1CN1C(=O)C(O)=C(C(=O)c2cccs2)C1c1ccccc1C. The van der Waals surface area contributed by atoms with Crippen LogP contribution in [0.3, 0.4) is 0 Å². The Bertz CT molecular complexity index is 1130. The number of methoxy groups -OCH3 is 1. The number of benzene rings is 2. The molecule has 1 N–H and O–H groups in total. The van der Waals surface area contributed by atoms with Crippen LogP contribution < -0.4 is 4.74 Å². The number of Topliss-reactive ketones (excluding diaryl/α,β-unsaturated/α-hetero) is 1. The highest BCUT2D eigenvalue weighted by molar-refractivity contribution is 7.12. The Hall–Kier alpha value is -3.38. The fraction of sp³-hybridized carbons (Fsp3) is 0.167. The summed E-state index contributed by atoms with van der Waals surface area (Å²) in [5.41, 5.74) is 2.66. The van der Waals surface area contributed by atoms with Crippen LogP contribution in [0.25, 0.3) is 0 Å². The van der Waals surface area contributed by atoms with Crippen molar-refractivity contribution in [2.75, 3.05) is 7.11 Å². The first-order valence-electron chi connectivity index (χ1n) is 9.52. The molecular weight excluding hydrogens is 398 g/mol. The lowest BCUT2D eigenvalue weighted by Gasteiger charge is -2.28. The second-order valence-corrected chi connectivity index (χ2v) is 8.02. The molecule has 6 heteroatoms. The fourth-order valence-corrected chi connectivity index (χ4v) is 4.50. The van der Waals surface area contributed by atoms with Gasteiger partial charge in [0.1, 0.15) is 5.75 Å². The normalized spacial score (nSPS) is 16.3. The van der Waals surface area contributed by atoms with Crippen molar-refractivity contribution >= 4 is 23.0 Å². The molecule has 0 aliphatic carbocycles. The number of hydrogen-bond donors (Lipinski definition) is 1. The maximum Gasteiger partial charge on any atom is 0.290 e. The molecular formula is C24H21NO4S. The van der Waals surface area contributed by atoms with Crippen molar-refractivity contribution in [3.8, 4) is 5.75 Å². The highest BCUT2D eigenvalue weighted by atomic mass is 32.1. The van der Waals surface area contributed by atoms with Crippen LogP contribution in [0.5, 0.6) is 5.75 Å². The summed E-state index contributed by atoms with van der Waals surface area (Å²) in [6.07, 6.45) is 0. The van der Waals surface area contributed by atoms with Crippen LogP contribution in [0.4, 0.5) is 0 Å². The number of rotatable bonds is 6. The predicted molar refractivity (Wildman–Crippen MR) is 116 cm³/mol. The van der Waals surface area contributed by atoms with Gasteiger partial charge in [-0.1, -0.05) is 48.5 Å². The van der Waals surface area contributed by atoms with Crippen LogP contribution in [0.2, 0.25) is 0 Å². The van der Waals surface area contributed by atoms with Gasteiger partial charge < -0.3 is 14.7 Å². The van der Waals surface area contributed by atoms with Gasteiger partial charge in [-0.15, -0.1) is 11.3 Å². The highest BCUT2D eigenvalue weighted by Gasteiger charge is 2.44. The standard InChI is InChI=1S/C24H21NO4S/c1-15-8-3-5-10-17(15)21-20(22(26)19-12-7-13-30-19)23(27)24(28)25(21)14-16-9-4-6-11-18(16)29-2/h3-13,21,27H,14H2,1-2H3. The van der Waals surface area contributed by atoms with E-state index in [1.807, 2.05) is 55.5 Å². The third-order valence-corrected chi connectivity index (χ3v) is 6.18. The van der Waals surface area contributed by atoms with Crippen molar-refractivity contribution < 1.29 is 19.4 Å². The van der Waals surface area contributed by atoms with Crippen LogP contribution in [0.15, 0.2) is 77.4 Å². The molecule has 3 aromatic rings. The van der Waals surface area contributed by atoms with Gasteiger partial charge in [-0.3, -0.25) is 9.59 Å². The number of carbonyl (C=O) groups excluding carboxylic acids is 2. The van der Waals surface area contributed by atoms with Gasteiger partial charge in [0.15, 0.2) is 5.76 Å². The molecule has 0 spiro atoms. The second kappa shape index (κ2) is 8.16. The fourth-order valence-electron chi connectivity index (χ4n) is 3.82. The summed E-state index contributed by atoms with van der Waals surface area (Å²) in [6.45, 7) is 2.14. The number of aliphatic hydroxyl groups is 1. The summed E-state index contributed by atoms with van der Waals surface area (Å²) in [5.74, 6) is -0.733. The summed E-state index contributed by atoms with van der Waals surface area (Å²) in [4.78, 5) is 28.4. The van der Waals surface area contributed by atoms with Crippen molar-refractivity contribution in [2.45, 2.75) is 19.5 Å². The van der Waals surface area contributed by atoms with Gasteiger partial charge in [-0.2, -0.15) is 0 Å². The Kier molecular flexibility index (Phi) is 5.42. The van der Waals surface area contributed by atoms with Crippen molar-refractivity contribution in [1.82, 2.24) is 4.90 Å². The first-order valence-corrected chi connectivity index (χ1v) is 10.4. The van der Waals surface area contributed by atoms with Crippen LogP contribution in [0.1, 0.15) is 32.4 Å². The number of amides is 1. The Morgan fingerprint density at radius 2 is 1.83 bits per heavy atom. The van der Waals surface area contributed by atoms with Gasteiger partial charge in [0, 0.05) is 5.56 Å². The predicted octanol–water partition coefficient (Wildman–Crippen LogP) is 4.84. The van der Waals surface area contributed by atoms with E-state index in [2.05, 4.69) is 0 Å². The number of para-hydroxylation sites is 1. The van der Waals surface area contributed by atoms with Crippen LogP contribution in [-0.4, -0.2) is 28.8 Å². The van der Waals surface area contributed by atoms with Crippen LogP contribution >= 0.6 is 11.3 Å². The zero-order valence-electron chi connectivity index (χ0n) is 16.7. The minimum Gasteiger partial charge on any atom is -0.503 e. The van der Waals surface area contributed by atoms with Gasteiger partial charge in [0.05, 0.1) is 30.1 Å². The van der Waals surface area contributed by atoms with E-state index in [9.17, 15) is 14.7 Å². The summed E-state index contributed by atoms with van der Waals surface area (Å²) >= 11 is 1.29. The van der Waals surface area contributed by atoms with Crippen molar-refractivity contribution in [3.63, 3.8) is 0 Å². The van der Waals surface area contributed by atoms with Gasteiger partial charge in [-0.25, -0.2) is 0 Å². The average molecular weight is 420 g/mol. The number of ketones is 1. The minimum atomic E-state index is -0.682. The van der Waals surface area contributed by atoms with E-state index in [4.69, 9.17) is 4.74 Å². The third kappa shape index (κ3) is 3.39. The van der Waals surface area contributed by atoms with E-state index in [-0.39, 0.29) is 17.9 Å². The van der Waals surface area contributed by atoms with E-state index >= 15 is 0 Å². The summed E-state index contributed by atoms with van der Waals surface area (Å²) in [5, 5.41) is 12.6. The summed E-state index contributed by atoms with van der Waals surface area (Å²) in [6, 6.07) is 17.8. The minimum absolute atomic E-state index is 0.117. The number of ether oxygens (including phenoxy) is 1. The lowest BCUT2D eigenvalue weighted by molar-refractivity contribution is -0.130. The number of aryl methyl sites for hydroxylation is 1. The van der Waals surface area contributed by atoms with Crippen molar-refractivity contribution in [2.24, 2.45) is 0 Å². The maximum atomic E-state index is 13.3. The molecule has 152 valence electrons. The van der Waals surface area contributed by atoms with Crippen molar-refractivity contribution in [1.29, 1.82) is 0 Å². The van der Waals surface area contributed by atoms with Crippen molar-refractivity contribution in [3.05, 3.63) is 98.9 Å². The molecule has 1 amide bonds. The second-order valence-electron chi connectivity index (χ2n) is 7.07. The lowest BCUT2D eigenvalue weighted by Crippen LogP contribution is -2.31. The molecule has 4 rings (SSSR count). The molecule has 0 saturated heterocycles. The zero-order chi connectivity index (χ0) is 21.3. The number of carbonyl (C=O) groups is 2. The Morgan fingerprint density at radius 3 is 2.53 bits per heavy atom. The number of nitrogens with zero attached hydrogens (tertiary/aromatic N) is 1. The molecule has 1 aliphatic rings. The Labute approximate surface area is 178 Å². The van der Waals surface area contributed by atoms with Gasteiger partial charge in [-0.05, 0) is 35.6 Å². The number of aliphatic hydroxyl groups excluding tert-OH is 1. The van der Waals surface area contributed by atoms with E-state index in [0.29, 0.717) is 10.6 Å². The summed E-state index contributed by atoms with van der Waals surface area (Å²) < 4.78 is 5.44. The van der Waals surface area contributed by atoms with Gasteiger partial charge in [0.25, 0.3) is 5.91 Å². The average Bonchev–Trinajstić information content (AvgIpc) is 3.38. The molecule has 1 aliphatic heterocycles. The zero-order valence-corrected chi connectivity index (χ0v) is 17.5. The Morgan fingerprint density at radius 1 is 1.10 bits per heavy atom. The molecule has 5 nitrogen and oxygen atoms in total. The lowest BCUT2D eigenvalue weighted by atomic mass is 9.92. The molecule has 0 saturated carbocycles. The van der Waals surface area contributed by atoms with Gasteiger partial charge >= 0.3 is 0 Å². The molecule has 0 fully saturated rings. The van der Waals surface area contributed by atoms with E-state index in [1.165, 1.54) is 16.2 Å². The molecule has 2 aromatic carbocycles. The monoisotopic (exact) mass is 419 g/mol. The molecule has 30 heavy (non-hydrogen) atoms. The molecule has 1 aromatic heterocycles. The summed E-state index contributed by atoms with van der Waals surface area (Å²) in [7, 11) is 1.57. The first-order chi connectivity index (χ1) is 14.5. The third-order valence-electron chi connectivity index (χ3n) is 5.31. The number of thiophene rings is 1. The van der Waals surface area contributed by atoms with E-state index in [1.54, 1.807) is 24.6 Å². The van der Waals surface area contributed by atoms with E-state index < -0.39 is 17.7 Å². The smallest absolute Gasteiger partial charge is 0.290 e. The topological polar surface area (TPSA) is 66.8 Å². The molecule has 0 bridgehead atoms. The molecule has 0 radical (unpaired) electrons. The first kappa shape index (κ1) is 19.9. The highest BCUT2D eigenvalue weighted by Crippen LogP contribution is 2.42. The van der Waals surface area contributed by atoms with Crippen LogP contribution in [-0.2, 0) is 11.3 Å².